The van der Waals surface area contributed by atoms with E-state index in [0.29, 0.717) is 17.6 Å². The van der Waals surface area contributed by atoms with Crippen LogP contribution in [0.4, 0.5) is 0 Å². The van der Waals surface area contributed by atoms with Crippen molar-refractivity contribution >= 4 is 5.97 Å². The van der Waals surface area contributed by atoms with E-state index in [9.17, 15) is 20.1 Å². The molecule has 34 heavy (non-hydrogen) atoms. The van der Waals surface area contributed by atoms with Crippen LogP contribution in [0.5, 0.6) is 28.7 Å². The van der Waals surface area contributed by atoms with Crippen molar-refractivity contribution in [2.75, 3.05) is 0 Å². The maximum atomic E-state index is 13.1. The van der Waals surface area contributed by atoms with Gasteiger partial charge in [-0.1, -0.05) is 33.1 Å². The molecular formula is C28H36O6. The topological polar surface area (TPSA) is 96.2 Å². The third kappa shape index (κ3) is 4.68. The van der Waals surface area contributed by atoms with Gasteiger partial charge in [-0.3, -0.25) is 0 Å². The first-order valence-electron chi connectivity index (χ1n) is 12.4. The molecule has 0 saturated heterocycles. The molecule has 0 amide bonds. The molecule has 6 heteroatoms. The van der Waals surface area contributed by atoms with E-state index in [1.54, 1.807) is 0 Å². The predicted molar refractivity (Wildman–Crippen MR) is 130 cm³/mol. The maximum Gasteiger partial charge on any atom is 0.343 e. The molecular weight excluding hydrogens is 432 g/mol. The van der Waals surface area contributed by atoms with Crippen LogP contribution in [-0.4, -0.2) is 26.9 Å². The largest absolute Gasteiger partial charge is 0.504 e. The quantitative estimate of drug-likeness (QED) is 0.195. The fourth-order valence-electron chi connectivity index (χ4n) is 5.69. The van der Waals surface area contributed by atoms with Gasteiger partial charge in [-0.05, 0) is 81.2 Å². The lowest BCUT2D eigenvalue weighted by Gasteiger charge is -2.49. The van der Waals surface area contributed by atoms with Gasteiger partial charge in [-0.2, -0.15) is 0 Å². The zero-order valence-corrected chi connectivity index (χ0v) is 20.6. The Morgan fingerprint density at radius 2 is 1.79 bits per heavy atom. The third-order valence-corrected chi connectivity index (χ3v) is 7.49. The fraction of sp³-hybridized carbons (Fsp3) is 0.536. The van der Waals surface area contributed by atoms with E-state index in [0.717, 1.165) is 74.0 Å². The summed E-state index contributed by atoms with van der Waals surface area (Å²) in [4.78, 5) is 13.1. The Morgan fingerprint density at radius 3 is 2.47 bits per heavy atom. The molecule has 1 saturated carbocycles. The smallest absolute Gasteiger partial charge is 0.343 e. The zero-order chi connectivity index (χ0) is 24.6. The molecule has 0 radical (unpaired) electrons. The van der Waals surface area contributed by atoms with Crippen LogP contribution in [0, 0.1) is 11.8 Å². The minimum Gasteiger partial charge on any atom is -0.504 e. The average molecular weight is 469 g/mol. The summed E-state index contributed by atoms with van der Waals surface area (Å²) in [6, 6.07) is 6.25. The van der Waals surface area contributed by atoms with Crippen LogP contribution in [0.15, 0.2) is 24.3 Å². The summed E-state index contributed by atoms with van der Waals surface area (Å²) in [5.41, 5.74) is 1.65. The van der Waals surface area contributed by atoms with E-state index >= 15 is 0 Å². The third-order valence-electron chi connectivity index (χ3n) is 7.49. The van der Waals surface area contributed by atoms with Crippen LogP contribution < -0.4 is 9.47 Å². The van der Waals surface area contributed by atoms with Gasteiger partial charge in [-0.25, -0.2) is 4.79 Å². The number of hydrogen-bond acceptors (Lipinski definition) is 6. The van der Waals surface area contributed by atoms with Crippen LogP contribution in [0.2, 0.25) is 0 Å². The SMILES string of the molecule is CCCCCc1cc(OC(=O)c2cc(O)c(O)c(O)c2)c2c(c1)OC(C)(C)[C@@H]1CC[C@H](C)C[C@@H]21. The van der Waals surface area contributed by atoms with Crippen molar-refractivity contribution in [2.24, 2.45) is 11.8 Å². The number of rotatable bonds is 6. The number of carbonyl (C=O) groups excluding carboxylic acids is 1. The summed E-state index contributed by atoms with van der Waals surface area (Å²) < 4.78 is 12.5. The van der Waals surface area contributed by atoms with Gasteiger partial charge < -0.3 is 24.8 Å². The molecule has 184 valence electrons. The average Bonchev–Trinajstić information content (AvgIpc) is 2.76. The van der Waals surface area contributed by atoms with E-state index in [2.05, 4.69) is 33.8 Å². The van der Waals surface area contributed by atoms with Crippen molar-refractivity contribution in [3.8, 4) is 28.7 Å². The lowest BCUT2D eigenvalue weighted by atomic mass is 9.64. The predicted octanol–water partition coefficient (Wildman–Crippen LogP) is 6.45. The van der Waals surface area contributed by atoms with E-state index in [1.165, 1.54) is 0 Å². The minimum atomic E-state index is -0.705. The normalized spacial score (nSPS) is 22.9. The highest BCUT2D eigenvalue weighted by Gasteiger charge is 2.47. The Kier molecular flexibility index (Phi) is 6.70. The van der Waals surface area contributed by atoms with Gasteiger partial charge in [0.15, 0.2) is 17.2 Å². The number of phenols is 3. The molecule has 0 bridgehead atoms. The van der Waals surface area contributed by atoms with Gasteiger partial charge in [0.1, 0.15) is 17.1 Å². The highest BCUT2D eigenvalue weighted by molar-refractivity contribution is 5.93. The van der Waals surface area contributed by atoms with Gasteiger partial charge in [0, 0.05) is 11.5 Å². The first kappa shape index (κ1) is 24.2. The molecule has 0 aromatic heterocycles. The fourth-order valence-corrected chi connectivity index (χ4v) is 5.69. The molecule has 3 atom stereocenters. The highest BCUT2D eigenvalue weighted by Crippen LogP contribution is 2.55. The first-order valence-corrected chi connectivity index (χ1v) is 12.4. The van der Waals surface area contributed by atoms with Crippen molar-refractivity contribution in [2.45, 2.75) is 84.2 Å². The lowest BCUT2D eigenvalue weighted by molar-refractivity contribution is -0.0146. The maximum absolute atomic E-state index is 13.1. The van der Waals surface area contributed by atoms with Crippen LogP contribution in [-0.2, 0) is 6.42 Å². The van der Waals surface area contributed by atoms with Gasteiger partial charge in [0.2, 0.25) is 0 Å². The molecule has 6 nitrogen and oxygen atoms in total. The monoisotopic (exact) mass is 468 g/mol. The van der Waals surface area contributed by atoms with Crippen molar-refractivity contribution in [3.63, 3.8) is 0 Å². The van der Waals surface area contributed by atoms with Crippen LogP contribution >= 0.6 is 0 Å². The number of phenolic OH excluding ortho intramolecular Hbond substituents is 3. The van der Waals surface area contributed by atoms with Crippen LogP contribution in [0.3, 0.4) is 0 Å². The van der Waals surface area contributed by atoms with E-state index in [4.69, 9.17) is 9.47 Å². The Balaban J connectivity index is 1.76. The second-order valence-corrected chi connectivity index (χ2v) is 10.6. The first-order chi connectivity index (χ1) is 16.1. The Labute approximate surface area is 201 Å². The lowest BCUT2D eigenvalue weighted by Crippen LogP contribution is -2.46. The second-order valence-electron chi connectivity index (χ2n) is 10.6. The number of hydrogen-bond donors (Lipinski definition) is 3. The van der Waals surface area contributed by atoms with Crippen molar-refractivity contribution in [1.82, 2.24) is 0 Å². The van der Waals surface area contributed by atoms with Crippen LogP contribution in [0.25, 0.3) is 0 Å². The highest BCUT2D eigenvalue weighted by atomic mass is 16.5. The Bertz CT molecular complexity index is 1050. The molecule has 1 aliphatic carbocycles. The summed E-state index contributed by atoms with van der Waals surface area (Å²) in [7, 11) is 0. The summed E-state index contributed by atoms with van der Waals surface area (Å²) in [5, 5.41) is 29.3. The Morgan fingerprint density at radius 1 is 1.09 bits per heavy atom. The molecule has 1 fully saturated rings. The van der Waals surface area contributed by atoms with Gasteiger partial charge in [-0.15, -0.1) is 0 Å². The summed E-state index contributed by atoms with van der Waals surface area (Å²) in [6.45, 7) is 8.74. The number of benzene rings is 2. The summed E-state index contributed by atoms with van der Waals surface area (Å²) in [6.07, 6.45) is 7.35. The number of esters is 1. The zero-order valence-electron chi connectivity index (χ0n) is 20.6. The molecule has 3 N–H and O–H groups in total. The number of unbranched alkanes of at least 4 members (excludes halogenated alkanes) is 2. The number of fused-ring (bicyclic) bond motifs is 3. The standard InChI is InChI=1S/C28H36O6/c1-5-6-7-8-17-12-23(33-27(32)18-14-21(29)26(31)22(30)15-18)25-19-11-16(2)9-10-20(19)28(3,4)34-24(25)13-17/h12-16,19-20,29-31H,5-11H2,1-4H3/t16-,19+,20+/m0/s1. The summed E-state index contributed by atoms with van der Waals surface area (Å²) >= 11 is 0. The van der Waals surface area contributed by atoms with Crippen molar-refractivity contribution in [1.29, 1.82) is 0 Å². The second kappa shape index (κ2) is 9.40. The van der Waals surface area contributed by atoms with Crippen molar-refractivity contribution < 1.29 is 29.6 Å². The van der Waals surface area contributed by atoms with E-state index in [-0.39, 0.29) is 17.1 Å². The number of aromatic hydroxyl groups is 3. The number of carbonyl (C=O) groups is 1. The van der Waals surface area contributed by atoms with Crippen LogP contribution in [0.1, 0.15) is 93.6 Å². The van der Waals surface area contributed by atoms with Gasteiger partial charge in [0.25, 0.3) is 0 Å². The molecule has 2 aromatic carbocycles. The molecule has 2 aromatic rings. The summed E-state index contributed by atoms with van der Waals surface area (Å²) in [5.74, 6) is -0.138. The van der Waals surface area contributed by atoms with E-state index in [1.807, 2.05) is 6.07 Å². The molecule has 1 aliphatic heterocycles. The molecule has 2 aliphatic rings. The minimum absolute atomic E-state index is 0.0384. The number of ether oxygens (including phenoxy) is 2. The van der Waals surface area contributed by atoms with Gasteiger partial charge in [0.05, 0.1) is 5.56 Å². The van der Waals surface area contributed by atoms with E-state index < -0.39 is 23.2 Å². The molecule has 0 spiro atoms. The number of aryl methyl sites for hydroxylation is 1. The molecule has 0 unspecified atom stereocenters. The van der Waals surface area contributed by atoms with Crippen molar-refractivity contribution in [3.05, 3.63) is 41.0 Å². The Hall–Kier alpha value is -2.89. The molecule has 4 rings (SSSR count). The molecule has 1 heterocycles. The van der Waals surface area contributed by atoms with Gasteiger partial charge >= 0.3 is 5.97 Å².